The molecule has 1 amide bonds. The van der Waals surface area contributed by atoms with Crippen molar-refractivity contribution in [3.05, 3.63) is 34.9 Å². The van der Waals surface area contributed by atoms with E-state index in [0.717, 1.165) is 30.7 Å². The van der Waals surface area contributed by atoms with Gasteiger partial charge in [0.2, 0.25) is 0 Å². The third kappa shape index (κ3) is 4.43. The molecule has 0 unspecified atom stereocenters. The van der Waals surface area contributed by atoms with Crippen LogP contribution in [0.2, 0.25) is 5.02 Å². The van der Waals surface area contributed by atoms with Crippen LogP contribution in [0, 0.1) is 5.92 Å². The van der Waals surface area contributed by atoms with Crippen LogP contribution in [0.5, 0.6) is 0 Å². The van der Waals surface area contributed by atoms with Crippen LogP contribution in [0.1, 0.15) is 31.2 Å². The fraction of sp³-hybridized carbons (Fsp3) is 0.533. The maximum absolute atomic E-state index is 10.8. The van der Waals surface area contributed by atoms with E-state index < -0.39 is 6.09 Å². The van der Waals surface area contributed by atoms with E-state index >= 15 is 0 Å². The number of halogens is 1. The van der Waals surface area contributed by atoms with Crippen molar-refractivity contribution in [3.8, 4) is 0 Å². The van der Waals surface area contributed by atoms with Gasteiger partial charge >= 0.3 is 6.09 Å². The highest BCUT2D eigenvalue weighted by Crippen LogP contribution is 2.23. The molecule has 0 aliphatic carbocycles. The van der Waals surface area contributed by atoms with Crippen molar-refractivity contribution in [2.75, 3.05) is 13.1 Å². The molecule has 0 saturated carbocycles. The summed E-state index contributed by atoms with van der Waals surface area (Å²) in [6, 6.07) is 8.02. The predicted molar refractivity (Wildman–Crippen MR) is 76.7 cm³/mol. The quantitative estimate of drug-likeness (QED) is 0.904. The zero-order valence-electron chi connectivity index (χ0n) is 11.0. The highest BCUT2D eigenvalue weighted by Gasteiger charge is 2.21. The van der Waals surface area contributed by atoms with Crippen LogP contribution in [0.4, 0.5) is 4.79 Å². The van der Waals surface area contributed by atoms with Crippen LogP contribution in [0.25, 0.3) is 0 Å². The van der Waals surface area contributed by atoms with Gasteiger partial charge in [0, 0.05) is 18.1 Å². The van der Waals surface area contributed by atoms with E-state index in [1.807, 2.05) is 18.2 Å². The largest absolute Gasteiger partial charge is 0.465 e. The molecule has 4 heteroatoms. The topological polar surface area (TPSA) is 40.5 Å². The Hall–Kier alpha value is -1.22. The van der Waals surface area contributed by atoms with E-state index in [4.69, 9.17) is 16.7 Å². The number of hydrogen-bond donors (Lipinski definition) is 1. The molecule has 1 fully saturated rings. The fourth-order valence-corrected chi connectivity index (χ4v) is 2.91. The first-order chi connectivity index (χ1) is 9.15. The summed E-state index contributed by atoms with van der Waals surface area (Å²) < 4.78 is 0. The van der Waals surface area contributed by atoms with E-state index in [9.17, 15) is 4.79 Å². The molecule has 1 heterocycles. The molecule has 1 N–H and O–H groups in total. The van der Waals surface area contributed by atoms with Gasteiger partial charge < -0.3 is 10.0 Å². The molecule has 104 valence electrons. The summed E-state index contributed by atoms with van der Waals surface area (Å²) in [6.07, 6.45) is 4.61. The molecule has 2 rings (SSSR count). The number of likely N-dealkylation sites (tertiary alicyclic amines) is 1. The molecular weight excluding hydrogens is 262 g/mol. The molecule has 1 aliphatic rings. The van der Waals surface area contributed by atoms with E-state index in [-0.39, 0.29) is 0 Å². The average Bonchev–Trinajstić information content (AvgIpc) is 2.39. The summed E-state index contributed by atoms with van der Waals surface area (Å²) in [5, 5.41) is 9.69. The molecule has 0 aromatic heterocycles. The Balaban J connectivity index is 1.68. The van der Waals surface area contributed by atoms with Crippen molar-refractivity contribution in [3.63, 3.8) is 0 Å². The van der Waals surface area contributed by atoms with E-state index in [1.165, 1.54) is 16.9 Å². The molecule has 1 aromatic rings. The Morgan fingerprint density at radius 3 is 2.74 bits per heavy atom. The normalized spacial score (nSPS) is 16.6. The summed E-state index contributed by atoms with van der Waals surface area (Å²) in [5.74, 6) is 0.676. The second kappa shape index (κ2) is 6.80. The third-order valence-electron chi connectivity index (χ3n) is 3.85. The van der Waals surface area contributed by atoms with Crippen molar-refractivity contribution in [2.45, 2.75) is 32.1 Å². The monoisotopic (exact) mass is 281 g/mol. The van der Waals surface area contributed by atoms with E-state index in [1.54, 1.807) is 0 Å². The Bertz CT molecular complexity index is 428. The summed E-state index contributed by atoms with van der Waals surface area (Å²) in [4.78, 5) is 12.3. The number of rotatable bonds is 4. The number of carboxylic acid groups (broad SMARTS) is 1. The number of hydrogen-bond acceptors (Lipinski definition) is 1. The van der Waals surface area contributed by atoms with Crippen molar-refractivity contribution < 1.29 is 9.90 Å². The van der Waals surface area contributed by atoms with E-state index in [2.05, 4.69) is 6.07 Å². The molecule has 1 saturated heterocycles. The first-order valence-corrected chi connectivity index (χ1v) is 7.25. The maximum atomic E-state index is 10.8. The van der Waals surface area contributed by atoms with Gasteiger partial charge in [-0.2, -0.15) is 0 Å². The van der Waals surface area contributed by atoms with Gasteiger partial charge in [0.1, 0.15) is 0 Å². The lowest BCUT2D eigenvalue weighted by molar-refractivity contribution is 0.123. The molecular formula is C15H20ClNO2. The number of aryl methyl sites for hydroxylation is 1. The predicted octanol–water partition coefficient (Wildman–Crippen LogP) is 4.05. The lowest BCUT2D eigenvalue weighted by Crippen LogP contribution is -2.37. The van der Waals surface area contributed by atoms with Gasteiger partial charge in [0.05, 0.1) is 0 Å². The second-order valence-corrected chi connectivity index (χ2v) is 5.67. The number of amides is 1. The summed E-state index contributed by atoms with van der Waals surface area (Å²) in [6.45, 7) is 1.38. The number of nitrogens with zero attached hydrogens (tertiary/aromatic N) is 1. The average molecular weight is 282 g/mol. The summed E-state index contributed by atoms with van der Waals surface area (Å²) in [5.41, 5.74) is 1.29. The Labute approximate surface area is 119 Å². The van der Waals surface area contributed by atoms with Crippen LogP contribution in [-0.2, 0) is 6.42 Å². The van der Waals surface area contributed by atoms with Crippen molar-refractivity contribution in [1.82, 2.24) is 4.90 Å². The first-order valence-electron chi connectivity index (χ1n) is 6.87. The van der Waals surface area contributed by atoms with Gasteiger partial charge in [-0.3, -0.25) is 0 Å². The lowest BCUT2D eigenvalue weighted by Gasteiger charge is -2.29. The second-order valence-electron chi connectivity index (χ2n) is 5.24. The Morgan fingerprint density at radius 1 is 1.37 bits per heavy atom. The van der Waals surface area contributed by atoms with Crippen LogP contribution in [-0.4, -0.2) is 29.2 Å². The fourth-order valence-electron chi connectivity index (χ4n) is 2.70. The minimum absolute atomic E-state index is 0.676. The lowest BCUT2D eigenvalue weighted by atomic mass is 9.91. The van der Waals surface area contributed by atoms with E-state index in [0.29, 0.717) is 19.0 Å². The smallest absolute Gasteiger partial charge is 0.407 e. The van der Waals surface area contributed by atoms with Crippen molar-refractivity contribution in [1.29, 1.82) is 0 Å². The first kappa shape index (κ1) is 14.2. The van der Waals surface area contributed by atoms with Crippen LogP contribution >= 0.6 is 11.6 Å². The molecule has 1 aromatic carbocycles. The van der Waals surface area contributed by atoms with Gasteiger partial charge in [0.25, 0.3) is 0 Å². The minimum atomic E-state index is -0.780. The highest BCUT2D eigenvalue weighted by atomic mass is 35.5. The van der Waals surface area contributed by atoms with Crippen LogP contribution in [0.3, 0.4) is 0 Å². The van der Waals surface area contributed by atoms with Gasteiger partial charge in [-0.25, -0.2) is 4.79 Å². The number of carbonyl (C=O) groups is 1. The SMILES string of the molecule is O=C(O)N1CCC(CCCc2cccc(Cl)c2)CC1. The molecule has 0 spiro atoms. The Morgan fingerprint density at radius 2 is 2.11 bits per heavy atom. The molecule has 0 radical (unpaired) electrons. The number of piperidine rings is 1. The van der Waals surface area contributed by atoms with Gasteiger partial charge in [-0.1, -0.05) is 23.7 Å². The maximum Gasteiger partial charge on any atom is 0.407 e. The summed E-state index contributed by atoms with van der Waals surface area (Å²) >= 11 is 5.96. The molecule has 0 atom stereocenters. The Kier molecular flexibility index (Phi) is 5.08. The van der Waals surface area contributed by atoms with Gasteiger partial charge in [0.15, 0.2) is 0 Å². The molecule has 19 heavy (non-hydrogen) atoms. The molecule has 1 aliphatic heterocycles. The highest BCUT2D eigenvalue weighted by molar-refractivity contribution is 6.30. The van der Waals surface area contributed by atoms with Crippen molar-refractivity contribution >= 4 is 17.7 Å². The zero-order valence-corrected chi connectivity index (χ0v) is 11.8. The zero-order chi connectivity index (χ0) is 13.7. The number of benzene rings is 1. The summed E-state index contributed by atoms with van der Waals surface area (Å²) in [7, 11) is 0. The minimum Gasteiger partial charge on any atom is -0.465 e. The third-order valence-corrected chi connectivity index (χ3v) is 4.09. The molecule has 3 nitrogen and oxygen atoms in total. The molecule has 0 bridgehead atoms. The van der Waals surface area contributed by atoms with Crippen LogP contribution in [0.15, 0.2) is 24.3 Å². The standard InChI is InChI=1S/C15H20ClNO2/c16-14-6-2-5-13(11-14)4-1-3-12-7-9-17(10-8-12)15(18)19/h2,5-6,11-12H,1,3-4,7-10H2,(H,18,19). The van der Waals surface area contributed by atoms with Crippen LogP contribution < -0.4 is 0 Å². The van der Waals surface area contributed by atoms with Gasteiger partial charge in [-0.15, -0.1) is 0 Å². The van der Waals surface area contributed by atoms with Gasteiger partial charge in [-0.05, 0) is 55.7 Å². The van der Waals surface area contributed by atoms with Crippen molar-refractivity contribution in [2.24, 2.45) is 5.92 Å².